The van der Waals surface area contributed by atoms with Crippen LogP contribution >= 0.6 is 11.8 Å². The van der Waals surface area contributed by atoms with Crippen molar-refractivity contribution in [3.8, 4) is 0 Å². The Morgan fingerprint density at radius 3 is 2.37 bits per heavy atom. The van der Waals surface area contributed by atoms with Gasteiger partial charge in [0.05, 0.1) is 10.5 Å². The lowest BCUT2D eigenvalue weighted by Gasteiger charge is -2.08. The molecular formula is C17H14F2N2O7S2. The summed E-state index contributed by atoms with van der Waals surface area (Å²) < 4.78 is 52.5. The molecule has 0 aliphatic rings. The Bertz CT molecular complexity index is 1070. The van der Waals surface area contributed by atoms with Crippen molar-refractivity contribution in [1.82, 2.24) is 0 Å². The summed E-state index contributed by atoms with van der Waals surface area (Å²) in [5.41, 5.74) is -0.823. The summed E-state index contributed by atoms with van der Waals surface area (Å²) in [6.45, 7) is -0.728. The number of rotatable bonds is 8. The molecule has 0 radical (unpaired) electrons. The first-order valence-corrected chi connectivity index (χ1v) is 10.7. The van der Waals surface area contributed by atoms with Gasteiger partial charge in [0.2, 0.25) is 0 Å². The van der Waals surface area contributed by atoms with Crippen molar-refractivity contribution in [3.05, 3.63) is 58.1 Å². The molecule has 2 rings (SSSR count). The molecule has 0 saturated heterocycles. The fraction of sp³-hybridized carbons (Fsp3) is 0.176. The minimum atomic E-state index is -3.89. The fourth-order valence-corrected chi connectivity index (χ4v) is 3.56. The number of thioether (sulfide) groups is 1. The zero-order chi connectivity index (χ0) is 22.5. The van der Waals surface area contributed by atoms with Crippen molar-refractivity contribution in [2.45, 2.75) is 15.5 Å². The Kier molecular flexibility index (Phi) is 7.45. The first kappa shape index (κ1) is 23.2. The van der Waals surface area contributed by atoms with E-state index in [9.17, 15) is 36.9 Å². The second-order valence-corrected chi connectivity index (χ2v) is 8.79. The van der Waals surface area contributed by atoms with Gasteiger partial charge < -0.3 is 10.1 Å². The Labute approximate surface area is 173 Å². The molecule has 0 aliphatic carbocycles. The number of nitro benzene ring substituents is 1. The molecule has 13 heteroatoms. The van der Waals surface area contributed by atoms with Crippen LogP contribution in [-0.4, -0.2) is 43.8 Å². The van der Waals surface area contributed by atoms with Gasteiger partial charge in [0.25, 0.3) is 17.4 Å². The van der Waals surface area contributed by atoms with Crippen LogP contribution in [0.4, 0.5) is 20.2 Å². The zero-order valence-corrected chi connectivity index (χ0v) is 16.8. The summed E-state index contributed by atoms with van der Waals surface area (Å²) in [6, 6.07) is 8.21. The zero-order valence-electron chi connectivity index (χ0n) is 15.2. The molecular weight excluding hydrogens is 446 g/mol. The lowest BCUT2D eigenvalue weighted by atomic mass is 10.2. The van der Waals surface area contributed by atoms with Crippen molar-refractivity contribution < 1.29 is 36.4 Å². The molecule has 160 valence electrons. The van der Waals surface area contributed by atoms with E-state index in [1.54, 1.807) is 0 Å². The fourth-order valence-electron chi connectivity index (χ4n) is 2.23. The molecule has 0 saturated carbocycles. The van der Waals surface area contributed by atoms with Crippen LogP contribution in [0.25, 0.3) is 0 Å². The number of anilines is 1. The maximum atomic E-state index is 12.3. The third kappa shape index (κ3) is 6.49. The van der Waals surface area contributed by atoms with Crippen molar-refractivity contribution in [3.63, 3.8) is 0 Å². The Morgan fingerprint density at radius 1 is 1.20 bits per heavy atom. The van der Waals surface area contributed by atoms with Crippen molar-refractivity contribution >= 4 is 44.9 Å². The number of ether oxygens (including phenoxy) is 1. The monoisotopic (exact) mass is 460 g/mol. The van der Waals surface area contributed by atoms with E-state index in [-0.39, 0.29) is 11.3 Å². The van der Waals surface area contributed by atoms with E-state index in [2.05, 4.69) is 5.32 Å². The van der Waals surface area contributed by atoms with Gasteiger partial charge in [0.1, 0.15) is 4.90 Å². The molecule has 0 unspecified atom stereocenters. The summed E-state index contributed by atoms with van der Waals surface area (Å²) in [5, 5.41) is 13.5. The van der Waals surface area contributed by atoms with Crippen LogP contribution in [0.15, 0.2) is 52.3 Å². The van der Waals surface area contributed by atoms with Crippen molar-refractivity contribution in [1.29, 1.82) is 0 Å². The summed E-state index contributed by atoms with van der Waals surface area (Å²) in [6.07, 6.45) is 0.788. The van der Waals surface area contributed by atoms with Crippen LogP contribution in [-0.2, 0) is 19.4 Å². The molecule has 0 aromatic heterocycles. The number of nitrogens with one attached hydrogen (secondary N) is 1. The van der Waals surface area contributed by atoms with E-state index >= 15 is 0 Å². The average molecular weight is 460 g/mol. The molecule has 0 spiro atoms. The topological polar surface area (TPSA) is 133 Å². The van der Waals surface area contributed by atoms with E-state index in [0.717, 1.165) is 24.5 Å². The predicted octanol–water partition coefficient (Wildman–Crippen LogP) is 3.11. The number of nitro groups is 1. The molecule has 0 bridgehead atoms. The number of hydrogen-bond donors (Lipinski definition) is 1. The smallest absolute Gasteiger partial charge is 0.338 e. The number of carbonyl (C=O) groups is 2. The van der Waals surface area contributed by atoms with E-state index < -0.39 is 49.6 Å². The third-order valence-corrected chi connectivity index (χ3v) is 5.36. The molecule has 1 N–H and O–H groups in total. The quantitative estimate of drug-likeness (QED) is 0.275. The highest BCUT2D eigenvalue weighted by Crippen LogP contribution is 2.26. The molecule has 0 aliphatic heterocycles. The number of halogens is 2. The average Bonchev–Trinajstić information content (AvgIpc) is 2.66. The second kappa shape index (κ2) is 9.63. The summed E-state index contributed by atoms with van der Waals surface area (Å²) in [7, 11) is -3.89. The number of sulfone groups is 1. The van der Waals surface area contributed by atoms with Gasteiger partial charge in [-0.2, -0.15) is 8.78 Å². The van der Waals surface area contributed by atoms with Gasteiger partial charge in [-0.15, -0.1) is 0 Å². The van der Waals surface area contributed by atoms with Crippen LogP contribution in [0.5, 0.6) is 0 Å². The van der Waals surface area contributed by atoms with Gasteiger partial charge in [0.15, 0.2) is 16.4 Å². The number of benzene rings is 2. The third-order valence-electron chi connectivity index (χ3n) is 3.49. The molecule has 0 fully saturated rings. The SMILES string of the molecule is CS(=O)(=O)c1ccc(C(=O)OCC(=O)Nc2ccc(SC(F)F)cc2)cc1[N+](=O)[O-]. The molecule has 9 nitrogen and oxygen atoms in total. The number of carbonyl (C=O) groups excluding carboxylic acids is 2. The molecule has 30 heavy (non-hydrogen) atoms. The number of nitrogens with zero attached hydrogens (tertiary/aromatic N) is 1. The van der Waals surface area contributed by atoms with Crippen LogP contribution in [0.3, 0.4) is 0 Å². The van der Waals surface area contributed by atoms with Gasteiger partial charge in [-0.05, 0) is 36.4 Å². The maximum absolute atomic E-state index is 12.3. The van der Waals surface area contributed by atoms with Gasteiger partial charge in [-0.1, -0.05) is 11.8 Å². The highest BCUT2D eigenvalue weighted by molar-refractivity contribution is 7.99. The van der Waals surface area contributed by atoms with Gasteiger partial charge >= 0.3 is 5.97 Å². The molecule has 2 aromatic rings. The van der Waals surface area contributed by atoms with E-state index in [0.29, 0.717) is 16.7 Å². The number of amides is 1. The standard InChI is InChI=1S/C17H14F2N2O7S2/c1-30(26,27)14-7-2-10(8-13(14)21(24)25)16(23)28-9-15(22)20-11-3-5-12(6-4-11)29-17(18)19/h2-8,17H,9H2,1H3,(H,20,22). The summed E-state index contributed by atoms with van der Waals surface area (Å²) >= 11 is 0.342. The molecule has 2 aromatic carbocycles. The van der Waals surface area contributed by atoms with Crippen LogP contribution in [0.1, 0.15) is 10.4 Å². The Morgan fingerprint density at radius 2 is 1.83 bits per heavy atom. The number of esters is 1. The van der Waals surface area contributed by atoms with Crippen molar-refractivity contribution in [2.75, 3.05) is 18.2 Å². The Hall–Kier alpha value is -3.06. The summed E-state index contributed by atoms with van der Waals surface area (Å²) in [5.74, 6) is -4.39. The molecule has 0 atom stereocenters. The molecule has 1 amide bonds. The van der Waals surface area contributed by atoms with Crippen LogP contribution < -0.4 is 5.32 Å². The van der Waals surface area contributed by atoms with Crippen LogP contribution in [0, 0.1) is 10.1 Å². The molecule has 0 heterocycles. The van der Waals surface area contributed by atoms with E-state index in [1.807, 2.05) is 0 Å². The highest BCUT2D eigenvalue weighted by atomic mass is 32.2. The highest BCUT2D eigenvalue weighted by Gasteiger charge is 2.24. The number of hydrogen-bond acceptors (Lipinski definition) is 8. The van der Waals surface area contributed by atoms with Crippen molar-refractivity contribution in [2.24, 2.45) is 0 Å². The van der Waals surface area contributed by atoms with Crippen LogP contribution in [0.2, 0.25) is 0 Å². The predicted molar refractivity (Wildman–Crippen MR) is 103 cm³/mol. The maximum Gasteiger partial charge on any atom is 0.338 e. The minimum Gasteiger partial charge on any atom is -0.452 e. The second-order valence-electron chi connectivity index (χ2n) is 5.74. The lowest BCUT2D eigenvalue weighted by Crippen LogP contribution is -2.21. The number of alkyl halides is 2. The van der Waals surface area contributed by atoms with Gasteiger partial charge in [-0.25, -0.2) is 13.2 Å². The first-order chi connectivity index (χ1) is 14.0. The van der Waals surface area contributed by atoms with E-state index in [4.69, 9.17) is 4.74 Å². The van der Waals surface area contributed by atoms with E-state index in [1.165, 1.54) is 24.3 Å². The largest absolute Gasteiger partial charge is 0.452 e. The van der Waals surface area contributed by atoms with Gasteiger partial charge in [-0.3, -0.25) is 14.9 Å². The summed E-state index contributed by atoms with van der Waals surface area (Å²) in [4.78, 5) is 33.8. The minimum absolute atomic E-state index is 0.280. The Balaban J connectivity index is 2.00. The normalized spacial score (nSPS) is 11.2. The lowest BCUT2D eigenvalue weighted by molar-refractivity contribution is -0.387. The first-order valence-electron chi connectivity index (χ1n) is 7.97. The van der Waals surface area contributed by atoms with Gasteiger partial charge in [0, 0.05) is 22.9 Å².